The van der Waals surface area contributed by atoms with Crippen molar-refractivity contribution in [1.82, 2.24) is 9.97 Å². The number of fused-ring (bicyclic) bond motifs is 3. The minimum absolute atomic E-state index is 0.196. The molecule has 33 heavy (non-hydrogen) atoms. The second-order valence-corrected chi connectivity index (χ2v) is 9.82. The van der Waals surface area contributed by atoms with E-state index in [2.05, 4.69) is 9.97 Å². The fraction of sp³-hybridized carbons (Fsp3) is 0.583. The van der Waals surface area contributed by atoms with E-state index in [1.807, 2.05) is 0 Å². The van der Waals surface area contributed by atoms with Gasteiger partial charge in [0.05, 0.1) is 31.8 Å². The molecule has 0 aromatic carbocycles. The highest BCUT2D eigenvalue weighted by molar-refractivity contribution is 5.82. The third-order valence-corrected chi connectivity index (χ3v) is 8.12. The summed E-state index contributed by atoms with van der Waals surface area (Å²) < 4.78 is 11.7. The van der Waals surface area contributed by atoms with E-state index in [-0.39, 0.29) is 11.8 Å². The van der Waals surface area contributed by atoms with Gasteiger partial charge in [-0.3, -0.25) is 14.8 Å². The Morgan fingerprint density at radius 3 is 2.58 bits per heavy atom. The van der Waals surface area contributed by atoms with E-state index in [1.165, 1.54) is 12.5 Å². The fourth-order valence-electron chi connectivity index (χ4n) is 6.38. The number of piperidine rings is 3. The van der Waals surface area contributed by atoms with Crippen molar-refractivity contribution in [2.24, 2.45) is 17.6 Å². The summed E-state index contributed by atoms with van der Waals surface area (Å²) in [5.41, 5.74) is 5.11. The Balaban J connectivity index is 1.41. The lowest BCUT2D eigenvalue weighted by atomic mass is 9.79. The Morgan fingerprint density at radius 2 is 1.97 bits per heavy atom. The number of aromatic nitrogens is 2. The topological polar surface area (TPSA) is 129 Å². The molecule has 176 valence electrons. The molecule has 2 aromatic rings. The summed E-state index contributed by atoms with van der Waals surface area (Å²) in [6.07, 6.45) is 12.3. The van der Waals surface area contributed by atoms with Gasteiger partial charge in [-0.15, -0.1) is 0 Å². The van der Waals surface area contributed by atoms with Crippen molar-refractivity contribution in [1.29, 1.82) is 0 Å². The molecular formula is C24H31N4O5+. The summed E-state index contributed by atoms with van der Waals surface area (Å²) in [5, 5.41) is 11.6. The number of hydrogen-bond donors (Lipinski definition) is 2. The summed E-state index contributed by atoms with van der Waals surface area (Å²) in [6, 6.07) is 0.991. The normalized spacial score (nSPS) is 30.0. The Kier molecular flexibility index (Phi) is 5.70. The number of carbonyl (C=O) groups is 2. The van der Waals surface area contributed by atoms with Gasteiger partial charge in [-0.25, -0.2) is 4.79 Å². The van der Waals surface area contributed by atoms with Gasteiger partial charge in [0.2, 0.25) is 6.04 Å². The second kappa shape index (κ2) is 8.53. The highest BCUT2D eigenvalue weighted by Crippen LogP contribution is 2.45. The monoisotopic (exact) mass is 455 g/mol. The van der Waals surface area contributed by atoms with E-state index in [1.54, 1.807) is 24.7 Å². The third kappa shape index (κ3) is 3.73. The molecule has 0 spiro atoms. The van der Waals surface area contributed by atoms with Crippen LogP contribution in [0.25, 0.3) is 0 Å². The SMILES string of the molecule is NC(=O)C(c1cnccn1)[N+]12CCC(CC1)[C@@H](OC(=O)C(O)(c1ccoc1)C1CCCC1)C2. The molecule has 4 aliphatic rings. The van der Waals surface area contributed by atoms with Crippen LogP contribution in [0.15, 0.2) is 41.6 Å². The molecule has 1 amide bonds. The average molecular weight is 456 g/mol. The number of primary amides is 1. The lowest BCUT2D eigenvalue weighted by Crippen LogP contribution is -2.67. The van der Waals surface area contributed by atoms with Gasteiger partial charge in [0.25, 0.3) is 5.91 Å². The van der Waals surface area contributed by atoms with Gasteiger partial charge in [0, 0.05) is 42.6 Å². The smallest absolute Gasteiger partial charge is 0.343 e. The van der Waals surface area contributed by atoms with Crippen LogP contribution in [-0.4, -0.2) is 57.2 Å². The summed E-state index contributed by atoms with van der Waals surface area (Å²) in [6.45, 7) is 1.99. The average Bonchev–Trinajstić information content (AvgIpc) is 3.55. The van der Waals surface area contributed by atoms with Crippen LogP contribution < -0.4 is 5.73 Å². The summed E-state index contributed by atoms with van der Waals surface area (Å²) in [7, 11) is 0. The maximum Gasteiger partial charge on any atom is 0.343 e. The van der Waals surface area contributed by atoms with Gasteiger partial charge in [0.1, 0.15) is 12.2 Å². The number of nitrogens with two attached hydrogens (primary N) is 1. The number of furan rings is 1. The zero-order chi connectivity index (χ0) is 23.1. The lowest BCUT2D eigenvalue weighted by molar-refractivity contribution is -0.965. The van der Waals surface area contributed by atoms with Crippen LogP contribution in [0.4, 0.5) is 0 Å². The van der Waals surface area contributed by atoms with E-state index in [0.717, 1.165) is 51.6 Å². The molecule has 6 rings (SSSR count). The molecule has 2 unspecified atom stereocenters. The molecule has 3 N–H and O–H groups in total. The zero-order valence-corrected chi connectivity index (χ0v) is 18.6. The van der Waals surface area contributed by atoms with E-state index in [4.69, 9.17) is 14.9 Å². The van der Waals surface area contributed by atoms with Crippen molar-refractivity contribution in [2.45, 2.75) is 56.3 Å². The van der Waals surface area contributed by atoms with E-state index in [9.17, 15) is 14.7 Å². The van der Waals surface area contributed by atoms with Gasteiger partial charge in [-0.05, 0) is 18.9 Å². The number of esters is 1. The minimum atomic E-state index is -1.73. The van der Waals surface area contributed by atoms with Gasteiger partial charge in [-0.2, -0.15) is 0 Å². The number of nitrogens with zero attached hydrogens (tertiary/aromatic N) is 3. The van der Waals surface area contributed by atoms with Crippen molar-refractivity contribution >= 4 is 11.9 Å². The molecule has 4 fully saturated rings. The molecular weight excluding hydrogens is 424 g/mol. The Morgan fingerprint density at radius 1 is 1.21 bits per heavy atom. The first-order valence-electron chi connectivity index (χ1n) is 11.8. The number of carbonyl (C=O) groups excluding carboxylic acids is 2. The van der Waals surface area contributed by atoms with E-state index < -0.39 is 29.6 Å². The molecule has 9 heteroatoms. The number of rotatable bonds is 7. The lowest BCUT2D eigenvalue weighted by Gasteiger charge is -2.54. The minimum Gasteiger partial charge on any atom is -0.472 e. The van der Waals surface area contributed by atoms with Crippen molar-refractivity contribution < 1.29 is 28.3 Å². The van der Waals surface area contributed by atoms with Crippen molar-refractivity contribution in [3.63, 3.8) is 0 Å². The van der Waals surface area contributed by atoms with Gasteiger partial charge < -0.3 is 24.5 Å². The molecule has 5 heterocycles. The Bertz CT molecular complexity index is 984. The van der Waals surface area contributed by atoms with Crippen LogP contribution in [0.2, 0.25) is 0 Å². The molecule has 3 saturated heterocycles. The van der Waals surface area contributed by atoms with Crippen LogP contribution in [0.5, 0.6) is 0 Å². The Hall–Kier alpha value is -2.78. The highest BCUT2D eigenvalue weighted by atomic mass is 16.6. The first kappa shape index (κ1) is 22.0. The third-order valence-electron chi connectivity index (χ3n) is 8.12. The number of amides is 1. The summed E-state index contributed by atoms with van der Waals surface area (Å²) >= 11 is 0. The largest absolute Gasteiger partial charge is 0.472 e. The van der Waals surface area contributed by atoms with Crippen molar-refractivity contribution in [2.75, 3.05) is 19.6 Å². The maximum atomic E-state index is 13.5. The maximum absolute atomic E-state index is 13.5. The molecule has 3 aliphatic heterocycles. The van der Waals surface area contributed by atoms with Gasteiger partial charge in [-0.1, -0.05) is 12.8 Å². The molecule has 0 radical (unpaired) electrons. The van der Waals surface area contributed by atoms with Gasteiger partial charge >= 0.3 is 5.97 Å². The highest BCUT2D eigenvalue weighted by Gasteiger charge is 2.56. The van der Waals surface area contributed by atoms with E-state index >= 15 is 0 Å². The van der Waals surface area contributed by atoms with E-state index in [0.29, 0.717) is 22.3 Å². The first-order chi connectivity index (χ1) is 15.9. The van der Waals surface area contributed by atoms with Crippen molar-refractivity contribution in [3.8, 4) is 0 Å². The number of quaternary nitrogens is 1. The zero-order valence-electron chi connectivity index (χ0n) is 18.6. The predicted octanol–water partition coefficient (Wildman–Crippen LogP) is 1.83. The second-order valence-electron chi connectivity index (χ2n) is 9.82. The van der Waals surface area contributed by atoms with Crippen LogP contribution in [0, 0.1) is 11.8 Å². The molecule has 1 aliphatic carbocycles. The summed E-state index contributed by atoms with van der Waals surface area (Å²) in [5.74, 6) is -1.09. The fourth-order valence-corrected chi connectivity index (χ4v) is 6.38. The quantitative estimate of drug-likeness (QED) is 0.481. The van der Waals surface area contributed by atoms with Crippen LogP contribution >= 0.6 is 0 Å². The van der Waals surface area contributed by atoms with Crippen LogP contribution in [0.1, 0.15) is 55.8 Å². The molecule has 3 atom stereocenters. The first-order valence-corrected chi connectivity index (χ1v) is 11.8. The molecule has 1 saturated carbocycles. The standard InChI is InChI=1S/C24H30N4O5/c25-22(29)21(19-13-26-8-9-27-19)28-10-5-16(6-11-28)20(14-28)33-23(30)24(31,17-3-1-2-4-17)18-7-12-32-15-18/h7-9,12-13,15-17,20-21,31H,1-6,10-11,14H2,(H-,25,29)/p+1/t16?,20-,21?,24?,28?/m0/s1. The number of aliphatic hydroxyl groups is 1. The molecule has 2 bridgehead atoms. The van der Waals surface area contributed by atoms with Crippen LogP contribution in [0.3, 0.4) is 0 Å². The predicted molar refractivity (Wildman–Crippen MR) is 116 cm³/mol. The molecule has 9 nitrogen and oxygen atoms in total. The Labute approximate surface area is 192 Å². The number of hydrogen-bond acceptors (Lipinski definition) is 7. The number of ether oxygens (including phenoxy) is 1. The van der Waals surface area contributed by atoms with Crippen LogP contribution in [-0.2, 0) is 19.9 Å². The summed E-state index contributed by atoms with van der Waals surface area (Å²) in [4.78, 5) is 34.6. The van der Waals surface area contributed by atoms with Gasteiger partial charge in [0.15, 0.2) is 11.7 Å². The van der Waals surface area contributed by atoms with Crippen molar-refractivity contribution in [3.05, 3.63) is 48.4 Å². The molecule has 2 aromatic heterocycles.